The molecule has 5 nitrogen and oxygen atoms in total. The molecule has 0 unspecified atom stereocenters. The lowest BCUT2D eigenvalue weighted by molar-refractivity contribution is -0.0950. The third kappa shape index (κ3) is 2.78. The van der Waals surface area contributed by atoms with Crippen LogP contribution < -0.4 is 4.72 Å². The van der Waals surface area contributed by atoms with Crippen molar-refractivity contribution < 1.29 is 17.9 Å². The summed E-state index contributed by atoms with van der Waals surface area (Å²) < 4.78 is 38.5. The summed E-state index contributed by atoms with van der Waals surface area (Å²) in [7, 11) is -3.57. The molecule has 2 saturated heterocycles. The first-order valence-corrected chi connectivity index (χ1v) is 8.86. The summed E-state index contributed by atoms with van der Waals surface area (Å²) in [6, 6.07) is 6.34. The van der Waals surface area contributed by atoms with Gasteiger partial charge in [0.1, 0.15) is 0 Å². The molecule has 0 saturated carbocycles. The van der Waals surface area contributed by atoms with Crippen molar-refractivity contribution in [1.82, 2.24) is 4.72 Å². The molecule has 0 aromatic heterocycles. The van der Waals surface area contributed by atoms with Crippen LogP contribution in [0.3, 0.4) is 0 Å². The number of aryl methyl sites for hydroxylation is 1. The zero-order valence-corrected chi connectivity index (χ0v) is 13.4. The zero-order chi connectivity index (χ0) is 14.3. The molecule has 2 bridgehead atoms. The number of hydrogen-bond donors (Lipinski definition) is 1. The van der Waals surface area contributed by atoms with E-state index in [0.717, 1.165) is 12.0 Å². The van der Waals surface area contributed by atoms with Crippen LogP contribution >= 0.6 is 15.9 Å². The Kier molecular flexibility index (Phi) is 3.89. The summed E-state index contributed by atoms with van der Waals surface area (Å²) in [5, 5.41) is 0. The number of ether oxygens (including phenoxy) is 2. The molecule has 110 valence electrons. The van der Waals surface area contributed by atoms with Crippen molar-refractivity contribution >= 4 is 26.0 Å². The van der Waals surface area contributed by atoms with Crippen LogP contribution in [0, 0.1) is 6.92 Å². The summed E-state index contributed by atoms with van der Waals surface area (Å²) in [5.74, 6) is 0. The number of rotatable bonds is 3. The van der Waals surface area contributed by atoms with Crippen LogP contribution in [0.25, 0.3) is 0 Å². The number of halogens is 1. The molecule has 2 aliphatic rings. The molecule has 2 aliphatic heterocycles. The molecule has 4 atom stereocenters. The summed E-state index contributed by atoms with van der Waals surface area (Å²) in [6.45, 7) is 2.44. The fourth-order valence-corrected chi connectivity index (χ4v) is 4.68. The van der Waals surface area contributed by atoms with Gasteiger partial charge in [-0.2, -0.15) is 0 Å². The molecular formula is C13H16BrNO4S. The van der Waals surface area contributed by atoms with Crippen molar-refractivity contribution in [2.75, 3.05) is 6.61 Å². The van der Waals surface area contributed by atoms with Gasteiger partial charge in [-0.3, -0.25) is 0 Å². The van der Waals surface area contributed by atoms with Gasteiger partial charge in [0.2, 0.25) is 10.0 Å². The molecule has 0 amide bonds. The lowest BCUT2D eigenvalue weighted by Crippen LogP contribution is -2.52. The van der Waals surface area contributed by atoms with Crippen molar-refractivity contribution in [2.45, 2.75) is 41.5 Å². The Labute approximate surface area is 126 Å². The smallest absolute Gasteiger partial charge is 0.241 e. The summed E-state index contributed by atoms with van der Waals surface area (Å²) in [6.07, 6.45) is 0.278. The molecule has 3 rings (SSSR count). The first-order chi connectivity index (χ1) is 9.45. The maximum absolute atomic E-state index is 12.4. The molecule has 2 heterocycles. The van der Waals surface area contributed by atoms with Gasteiger partial charge in [-0.25, -0.2) is 13.1 Å². The van der Waals surface area contributed by atoms with Crippen LogP contribution in [0.2, 0.25) is 0 Å². The van der Waals surface area contributed by atoms with Crippen molar-refractivity contribution in [3.05, 3.63) is 29.8 Å². The molecule has 0 radical (unpaired) electrons. The molecule has 0 aliphatic carbocycles. The van der Waals surface area contributed by atoms with E-state index in [9.17, 15) is 8.42 Å². The molecule has 2 fully saturated rings. The molecule has 7 heteroatoms. The molecule has 1 aromatic carbocycles. The van der Waals surface area contributed by atoms with Crippen molar-refractivity contribution in [3.8, 4) is 0 Å². The first-order valence-electron chi connectivity index (χ1n) is 6.46. The third-order valence-electron chi connectivity index (χ3n) is 3.57. The highest BCUT2D eigenvalue weighted by Crippen LogP contribution is 2.32. The standard InChI is InChI=1S/C13H16BrNO4S/c1-8-2-4-10(5-3-8)20(16,17)15-12-11(14)6-9-7-18-13(12)19-9/h2-5,9,11-13,15H,6-7H2,1H3/t9-,11-,12+,13+/m0/s1. The van der Waals surface area contributed by atoms with Crippen LogP contribution in [0.5, 0.6) is 0 Å². The Morgan fingerprint density at radius 3 is 2.70 bits per heavy atom. The maximum atomic E-state index is 12.4. The Bertz CT molecular complexity index is 589. The van der Waals surface area contributed by atoms with E-state index in [2.05, 4.69) is 20.7 Å². The minimum absolute atomic E-state index is 0.00831. The lowest BCUT2D eigenvalue weighted by Gasteiger charge is -2.32. The van der Waals surface area contributed by atoms with E-state index in [1.54, 1.807) is 24.3 Å². The lowest BCUT2D eigenvalue weighted by atomic mass is 10.1. The van der Waals surface area contributed by atoms with E-state index >= 15 is 0 Å². The highest BCUT2D eigenvalue weighted by molar-refractivity contribution is 9.09. The number of nitrogens with one attached hydrogen (secondary N) is 1. The molecule has 1 N–H and O–H groups in total. The van der Waals surface area contributed by atoms with Gasteiger partial charge in [-0.1, -0.05) is 33.6 Å². The number of fused-ring (bicyclic) bond motifs is 2. The van der Waals surface area contributed by atoms with E-state index in [0.29, 0.717) is 6.61 Å². The largest absolute Gasteiger partial charge is 0.348 e. The van der Waals surface area contributed by atoms with Crippen LogP contribution in [0.4, 0.5) is 0 Å². The average molecular weight is 362 g/mol. The minimum Gasteiger partial charge on any atom is -0.348 e. The van der Waals surface area contributed by atoms with Gasteiger partial charge in [0, 0.05) is 4.83 Å². The highest BCUT2D eigenvalue weighted by atomic mass is 79.9. The second-order valence-corrected chi connectivity index (χ2v) is 8.06. The molecular weight excluding hydrogens is 346 g/mol. The van der Waals surface area contributed by atoms with Crippen molar-refractivity contribution in [2.24, 2.45) is 0 Å². The van der Waals surface area contributed by atoms with E-state index in [1.807, 2.05) is 6.92 Å². The van der Waals surface area contributed by atoms with Crippen LogP contribution in [0.15, 0.2) is 29.2 Å². The van der Waals surface area contributed by atoms with Crippen LogP contribution in [-0.4, -0.2) is 38.3 Å². The Morgan fingerprint density at radius 2 is 2.00 bits per heavy atom. The first kappa shape index (κ1) is 14.5. The van der Waals surface area contributed by atoms with E-state index in [-0.39, 0.29) is 15.8 Å². The molecule has 1 aromatic rings. The fourth-order valence-electron chi connectivity index (χ4n) is 2.44. The molecule has 0 spiro atoms. The minimum atomic E-state index is -3.57. The van der Waals surface area contributed by atoms with Gasteiger partial charge >= 0.3 is 0 Å². The number of hydrogen-bond acceptors (Lipinski definition) is 4. The zero-order valence-electron chi connectivity index (χ0n) is 11.0. The van der Waals surface area contributed by atoms with Crippen LogP contribution in [0.1, 0.15) is 12.0 Å². The quantitative estimate of drug-likeness (QED) is 0.829. The fraction of sp³-hybridized carbons (Fsp3) is 0.538. The molecule has 20 heavy (non-hydrogen) atoms. The van der Waals surface area contributed by atoms with Gasteiger partial charge in [0.05, 0.1) is 23.6 Å². The summed E-state index contributed by atoms with van der Waals surface area (Å²) in [5.41, 5.74) is 1.02. The van der Waals surface area contributed by atoms with Crippen LogP contribution in [-0.2, 0) is 19.5 Å². The van der Waals surface area contributed by atoms with Gasteiger partial charge < -0.3 is 9.47 Å². The predicted molar refractivity (Wildman–Crippen MR) is 77.2 cm³/mol. The average Bonchev–Trinajstić information content (AvgIpc) is 2.79. The number of alkyl halides is 1. The maximum Gasteiger partial charge on any atom is 0.241 e. The SMILES string of the molecule is Cc1ccc(S(=O)(=O)N[C@H]2[C@@H]3OC[C@H](C[C@@H]2Br)O3)cc1. The third-order valence-corrected chi connectivity index (χ3v) is 5.99. The Balaban J connectivity index is 1.80. The van der Waals surface area contributed by atoms with Gasteiger partial charge in [0.15, 0.2) is 6.29 Å². The van der Waals surface area contributed by atoms with Gasteiger partial charge in [0.25, 0.3) is 0 Å². The van der Waals surface area contributed by atoms with Crippen molar-refractivity contribution in [3.63, 3.8) is 0 Å². The van der Waals surface area contributed by atoms with E-state index in [4.69, 9.17) is 9.47 Å². The predicted octanol–water partition coefficient (Wildman–Crippen LogP) is 1.55. The van der Waals surface area contributed by atoms with E-state index in [1.165, 1.54) is 0 Å². The number of sulfonamides is 1. The second kappa shape index (κ2) is 5.38. The van der Waals surface area contributed by atoms with E-state index < -0.39 is 22.4 Å². The highest BCUT2D eigenvalue weighted by Gasteiger charge is 2.44. The Hall–Kier alpha value is -0.470. The Morgan fingerprint density at radius 1 is 1.30 bits per heavy atom. The summed E-state index contributed by atoms with van der Waals surface area (Å²) >= 11 is 3.53. The van der Waals surface area contributed by atoms with Gasteiger partial charge in [-0.05, 0) is 25.5 Å². The monoisotopic (exact) mass is 361 g/mol. The summed E-state index contributed by atoms with van der Waals surface area (Å²) in [4.78, 5) is 0.261. The second-order valence-electron chi connectivity index (χ2n) is 5.17. The number of benzene rings is 1. The van der Waals surface area contributed by atoms with Crippen molar-refractivity contribution in [1.29, 1.82) is 0 Å². The normalized spacial score (nSPS) is 33.3. The van der Waals surface area contributed by atoms with Gasteiger partial charge in [-0.15, -0.1) is 0 Å². The topological polar surface area (TPSA) is 64.6 Å².